The zero-order valence-electron chi connectivity index (χ0n) is 20.9. The summed E-state index contributed by atoms with van der Waals surface area (Å²) in [6.07, 6.45) is 1.35. The smallest absolute Gasteiger partial charge is 0.329 e. The highest BCUT2D eigenvalue weighted by molar-refractivity contribution is 6.39. The molecular weight excluding hydrogens is 531 g/mol. The summed E-state index contributed by atoms with van der Waals surface area (Å²) in [7, 11) is 0. The molecule has 0 heterocycles. The van der Waals surface area contributed by atoms with Crippen LogP contribution in [0.4, 0.5) is 11.4 Å². The molecule has 0 aliphatic carbocycles. The summed E-state index contributed by atoms with van der Waals surface area (Å²) < 4.78 is 11.2. The standard InChI is InChI=1S/C27H26Cl2N4O5/c1-4-37-23-10-18(14-30-33-27(36)26(35)32-25-16(2)6-5-7-17(25)3)8-9-22(23)38-15-24(34)31-21-12-19(28)11-20(29)13-21/h5-14H,4,15H2,1-3H3,(H,31,34)(H,32,35)(H,33,36)/b30-14-. The first kappa shape index (κ1) is 28.5. The molecule has 0 fully saturated rings. The predicted octanol–water partition coefficient (Wildman–Crippen LogP) is 5.12. The average molecular weight is 557 g/mol. The number of carbonyl (C=O) groups is 3. The maximum atomic E-state index is 12.3. The lowest BCUT2D eigenvalue weighted by molar-refractivity contribution is -0.136. The number of hydrogen-bond acceptors (Lipinski definition) is 6. The maximum Gasteiger partial charge on any atom is 0.329 e. The topological polar surface area (TPSA) is 118 Å². The molecule has 0 radical (unpaired) electrons. The normalized spacial score (nSPS) is 10.7. The van der Waals surface area contributed by atoms with Gasteiger partial charge in [0, 0.05) is 21.4 Å². The number of benzene rings is 3. The minimum Gasteiger partial charge on any atom is -0.490 e. The molecule has 3 N–H and O–H groups in total. The number of hydrogen-bond donors (Lipinski definition) is 3. The number of nitrogens with zero attached hydrogens (tertiary/aromatic N) is 1. The van der Waals surface area contributed by atoms with Crippen molar-refractivity contribution in [2.24, 2.45) is 5.10 Å². The number of nitrogens with one attached hydrogen (secondary N) is 3. The second-order valence-corrected chi connectivity index (χ2v) is 8.93. The minimum atomic E-state index is -0.916. The van der Waals surface area contributed by atoms with Crippen LogP contribution in [-0.2, 0) is 14.4 Å². The van der Waals surface area contributed by atoms with Gasteiger partial charge in [0.05, 0.1) is 12.8 Å². The molecule has 0 spiro atoms. The Labute approximate surface area is 230 Å². The van der Waals surface area contributed by atoms with E-state index in [2.05, 4.69) is 21.2 Å². The molecule has 198 valence electrons. The van der Waals surface area contributed by atoms with Crippen LogP contribution in [0.25, 0.3) is 0 Å². The van der Waals surface area contributed by atoms with Crippen LogP contribution in [0.3, 0.4) is 0 Å². The lowest BCUT2D eigenvalue weighted by Gasteiger charge is -2.13. The Bertz CT molecular complexity index is 1340. The molecule has 3 amide bonds. The molecule has 0 aromatic heterocycles. The van der Waals surface area contributed by atoms with Gasteiger partial charge in [-0.3, -0.25) is 14.4 Å². The molecular formula is C27H26Cl2N4O5. The van der Waals surface area contributed by atoms with E-state index in [1.165, 1.54) is 6.21 Å². The van der Waals surface area contributed by atoms with Gasteiger partial charge in [0.1, 0.15) is 0 Å². The fourth-order valence-electron chi connectivity index (χ4n) is 3.36. The highest BCUT2D eigenvalue weighted by Crippen LogP contribution is 2.28. The average Bonchev–Trinajstić information content (AvgIpc) is 2.85. The number of hydrazone groups is 1. The summed E-state index contributed by atoms with van der Waals surface area (Å²) in [4.78, 5) is 36.7. The Morgan fingerprint density at radius 3 is 2.21 bits per heavy atom. The number of amides is 3. The first-order valence-corrected chi connectivity index (χ1v) is 12.3. The molecule has 0 bridgehead atoms. The Morgan fingerprint density at radius 2 is 1.55 bits per heavy atom. The summed E-state index contributed by atoms with van der Waals surface area (Å²) in [6.45, 7) is 5.53. The number of carbonyl (C=O) groups excluding carboxylic acids is 3. The Hall–Kier alpha value is -4.08. The van der Waals surface area contributed by atoms with Gasteiger partial charge in [0.25, 0.3) is 5.91 Å². The van der Waals surface area contributed by atoms with Gasteiger partial charge in [-0.1, -0.05) is 41.4 Å². The van der Waals surface area contributed by atoms with Crippen molar-refractivity contribution in [3.63, 3.8) is 0 Å². The summed E-state index contributed by atoms with van der Waals surface area (Å²) in [5.74, 6) is -1.47. The molecule has 0 aliphatic heterocycles. The molecule has 3 aromatic carbocycles. The van der Waals surface area contributed by atoms with Crippen LogP contribution in [-0.4, -0.2) is 37.1 Å². The van der Waals surface area contributed by atoms with Crippen LogP contribution in [0.1, 0.15) is 23.6 Å². The van der Waals surface area contributed by atoms with Crippen LogP contribution in [0.5, 0.6) is 11.5 Å². The quantitative estimate of drug-likeness (QED) is 0.192. The van der Waals surface area contributed by atoms with Crippen LogP contribution >= 0.6 is 23.2 Å². The van der Waals surface area contributed by atoms with E-state index in [0.717, 1.165) is 11.1 Å². The number of para-hydroxylation sites is 1. The van der Waals surface area contributed by atoms with E-state index < -0.39 is 17.7 Å². The molecule has 0 unspecified atom stereocenters. The number of aryl methyl sites for hydroxylation is 2. The fraction of sp³-hybridized carbons (Fsp3) is 0.185. The van der Waals surface area contributed by atoms with Crippen LogP contribution in [0.15, 0.2) is 59.7 Å². The minimum absolute atomic E-state index is 0.289. The maximum absolute atomic E-state index is 12.3. The summed E-state index contributed by atoms with van der Waals surface area (Å²) in [5.41, 5.74) is 5.47. The van der Waals surface area contributed by atoms with E-state index >= 15 is 0 Å². The molecule has 9 nitrogen and oxygen atoms in total. The number of ether oxygens (including phenoxy) is 2. The largest absolute Gasteiger partial charge is 0.490 e. The monoisotopic (exact) mass is 556 g/mol. The Morgan fingerprint density at radius 1 is 0.868 bits per heavy atom. The van der Waals surface area contributed by atoms with Gasteiger partial charge in [0.2, 0.25) is 0 Å². The second kappa shape index (κ2) is 13.5. The number of anilines is 2. The van der Waals surface area contributed by atoms with Gasteiger partial charge in [-0.15, -0.1) is 0 Å². The summed E-state index contributed by atoms with van der Waals surface area (Å²) in [5, 5.41) is 9.89. The molecule has 0 saturated carbocycles. The SMILES string of the molecule is CCOc1cc(/C=N\NC(=O)C(=O)Nc2c(C)cccc2C)ccc1OCC(=O)Nc1cc(Cl)cc(Cl)c1. The lowest BCUT2D eigenvalue weighted by atomic mass is 10.1. The lowest BCUT2D eigenvalue weighted by Crippen LogP contribution is -2.32. The third-order valence-electron chi connectivity index (χ3n) is 5.08. The first-order valence-electron chi connectivity index (χ1n) is 11.5. The van der Waals surface area contributed by atoms with Crippen molar-refractivity contribution in [2.45, 2.75) is 20.8 Å². The van der Waals surface area contributed by atoms with E-state index in [1.807, 2.05) is 32.0 Å². The molecule has 3 aromatic rings. The molecule has 0 atom stereocenters. The van der Waals surface area contributed by atoms with Gasteiger partial charge in [-0.2, -0.15) is 5.10 Å². The van der Waals surface area contributed by atoms with Gasteiger partial charge >= 0.3 is 11.8 Å². The van der Waals surface area contributed by atoms with Crippen LogP contribution in [0, 0.1) is 13.8 Å². The van der Waals surface area contributed by atoms with E-state index in [4.69, 9.17) is 32.7 Å². The van der Waals surface area contributed by atoms with Gasteiger partial charge in [0.15, 0.2) is 18.1 Å². The fourth-order valence-corrected chi connectivity index (χ4v) is 3.88. The van der Waals surface area contributed by atoms with Gasteiger partial charge in [-0.25, -0.2) is 5.43 Å². The van der Waals surface area contributed by atoms with E-state index in [-0.39, 0.29) is 6.61 Å². The van der Waals surface area contributed by atoms with E-state index in [0.29, 0.717) is 45.1 Å². The molecule has 3 rings (SSSR count). The highest BCUT2D eigenvalue weighted by Gasteiger charge is 2.15. The second-order valence-electron chi connectivity index (χ2n) is 8.05. The van der Waals surface area contributed by atoms with Gasteiger partial charge in [-0.05, 0) is 73.9 Å². The van der Waals surface area contributed by atoms with Gasteiger partial charge < -0.3 is 20.1 Å². The van der Waals surface area contributed by atoms with Crippen molar-refractivity contribution < 1.29 is 23.9 Å². The molecule has 0 aliphatic rings. The predicted molar refractivity (Wildman–Crippen MR) is 148 cm³/mol. The molecule has 11 heteroatoms. The number of rotatable bonds is 9. The van der Waals surface area contributed by atoms with Crippen molar-refractivity contribution in [3.05, 3.63) is 81.3 Å². The highest BCUT2D eigenvalue weighted by atomic mass is 35.5. The molecule has 0 saturated heterocycles. The zero-order chi connectivity index (χ0) is 27.7. The van der Waals surface area contributed by atoms with E-state index in [1.54, 1.807) is 43.3 Å². The summed E-state index contributed by atoms with van der Waals surface area (Å²) in [6, 6.07) is 15.1. The Balaban J connectivity index is 1.58. The zero-order valence-corrected chi connectivity index (χ0v) is 22.4. The van der Waals surface area contributed by atoms with Crippen molar-refractivity contribution in [1.29, 1.82) is 0 Å². The third-order valence-corrected chi connectivity index (χ3v) is 5.51. The van der Waals surface area contributed by atoms with Crippen molar-refractivity contribution in [3.8, 4) is 11.5 Å². The van der Waals surface area contributed by atoms with Crippen LogP contribution < -0.4 is 25.5 Å². The van der Waals surface area contributed by atoms with E-state index in [9.17, 15) is 14.4 Å². The summed E-state index contributed by atoms with van der Waals surface area (Å²) >= 11 is 11.9. The number of halogens is 2. The van der Waals surface area contributed by atoms with Crippen molar-refractivity contribution >= 4 is 58.5 Å². The van der Waals surface area contributed by atoms with Crippen molar-refractivity contribution in [2.75, 3.05) is 23.8 Å². The first-order chi connectivity index (χ1) is 18.2. The third kappa shape index (κ3) is 8.22. The van der Waals surface area contributed by atoms with Crippen molar-refractivity contribution in [1.82, 2.24) is 5.43 Å². The van der Waals surface area contributed by atoms with Crippen LogP contribution in [0.2, 0.25) is 10.0 Å². The molecule has 38 heavy (non-hydrogen) atoms. The Kier molecular flexibility index (Phi) is 10.1.